The molecule has 0 saturated heterocycles. The number of benzene rings is 1. The zero-order chi connectivity index (χ0) is 16.3. The lowest BCUT2D eigenvalue weighted by Gasteiger charge is -2.15. The maximum Gasteiger partial charge on any atom is 0.254 e. The van der Waals surface area contributed by atoms with Crippen LogP contribution in [0.3, 0.4) is 0 Å². The lowest BCUT2D eigenvalue weighted by molar-refractivity contribution is 0.0940. The van der Waals surface area contributed by atoms with Gasteiger partial charge in [-0.2, -0.15) is 5.10 Å². The second-order valence-corrected chi connectivity index (χ2v) is 6.26. The molecule has 4 nitrogen and oxygen atoms in total. The summed E-state index contributed by atoms with van der Waals surface area (Å²) in [6.45, 7) is 4.57. The van der Waals surface area contributed by atoms with Gasteiger partial charge in [0.25, 0.3) is 5.91 Å². The summed E-state index contributed by atoms with van der Waals surface area (Å²) in [7, 11) is 0. The van der Waals surface area contributed by atoms with Gasteiger partial charge in [0.05, 0.1) is 11.8 Å². The van der Waals surface area contributed by atoms with E-state index in [0.29, 0.717) is 27.1 Å². The monoisotopic (exact) mass is 359 g/mol. The first-order valence-electron chi connectivity index (χ1n) is 6.87. The van der Waals surface area contributed by atoms with Crippen LogP contribution >= 0.6 is 34.8 Å². The second kappa shape index (κ2) is 7.36. The number of aryl methyl sites for hydroxylation is 1. The van der Waals surface area contributed by atoms with E-state index in [0.717, 1.165) is 12.1 Å². The van der Waals surface area contributed by atoms with E-state index in [1.165, 1.54) is 0 Å². The van der Waals surface area contributed by atoms with Gasteiger partial charge >= 0.3 is 0 Å². The first-order chi connectivity index (χ1) is 10.4. The van der Waals surface area contributed by atoms with Crippen molar-refractivity contribution < 1.29 is 4.79 Å². The van der Waals surface area contributed by atoms with E-state index in [4.69, 9.17) is 34.8 Å². The molecule has 0 aliphatic rings. The van der Waals surface area contributed by atoms with Gasteiger partial charge in [0, 0.05) is 33.9 Å². The molecular formula is C15H16Cl3N3O. The lowest BCUT2D eigenvalue weighted by atomic mass is 10.1. The van der Waals surface area contributed by atoms with E-state index >= 15 is 0 Å². The van der Waals surface area contributed by atoms with E-state index in [9.17, 15) is 4.79 Å². The van der Waals surface area contributed by atoms with Crippen LogP contribution in [0.4, 0.5) is 0 Å². The first kappa shape index (κ1) is 17.1. The Morgan fingerprint density at radius 3 is 2.50 bits per heavy atom. The van der Waals surface area contributed by atoms with E-state index in [2.05, 4.69) is 10.4 Å². The molecule has 7 heteroatoms. The molecule has 0 spiro atoms. The fraction of sp³-hybridized carbons (Fsp3) is 0.333. The third-order valence-corrected chi connectivity index (χ3v) is 4.11. The zero-order valence-corrected chi connectivity index (χ0v) is 14.5. The number of amides is 1. The van der Waals surface area contributed by atoms with Crippen molar-refractivity contribution in [3.05, 3.63) is 50.7 Å². The molecule has 1 heterocycles. The van der Waals surface area contributed by atoms with Crippen molar-refractivity contribution >= 4 is 40.7 Å². The summed E-state index contributed by atoms with van der Waals surface area (Å²) in [6.07, 6.45) is 3.78. The molecule has 2 rings (SSSR count). The number of halogens is 3. The first-order valence-corrected chi connectivity index (χ1v) is 8.00. The van der Waals surface area contributed by atoms with Crippen LogP contribution in [0.5, 0.6) is 0 Å². The minimum Gasteiger partial charge on any atom is -0.349 e. The highest BCUT2D eigenvalue weighted by molar-refractivity contribution is 6.39. The van der Waals surface area contributed by atoms with Crippen molar-refractivity contribution in [2.45, 2.75) is 32.9 Å². The average molecular weight is 361 g/mol. The number of hydrogen-bond acceptors (Lipinski definition) is 2. The quantitative estimate of drug-likeness (QED) is 0.867. The lowest BCUT2D eigenvalue weighted by Crippen LogP contribution is -2.34. The molecule has 0 radical (unpaired) electrons. The van der Waals surface area contributed by atoms with Crippen LogP contribution in [0.15, 0.2) is 24.5 Å². The Hall–Kier alpha value is -1.23. The molecule has 2 aromatic rings. The summed E-state index contributed by atoms with van der Waals surface area (Å²) in [5.74, 6) is -0.173. The van der Waals surface area contributed by atoms with Gasteiger partial charge in [0.15, 0.2) is 0 Å². The number of carbonyl (C=O) groups excluding carboxylic acids is 1. The molecule has 0 aliphatic carbocycles. The van der Waals surface area contributed by atoms with Crippen molar-refractivity contribution in [3.63, 3.8) is 0 Å². The summed E-state index contributed by atoms with van der Waals surface area (Å²) in [5, 5.41) is 8.48. The number of hydrogen-bond donors (Lipinski definition) is 1. The maximum atomic E-state index is 12.1. The second-order valence-electron chi connectivity index (χ2n) is 5.01. The molecule has 1 aromatic carbocycles. The van der Waals surface area contributed by atoms with Crippen LogP contribution in [0.25, 0.3) is 0 Å². The van der Waals surface area contributed by atoms with Crippen LogP contribution in [0.2, 0.25) is 15.1 Å². The molecule has 1 atom stereocenters. The van der Waals surface area contributed by atoms with E-state index in [1.807, 2.05) is 13.8 Å². The third-order valence-electron chi connectivity index (χ3n) is 3.21. The Bertz CT molecular complexity index is 661. The number of carbonyl (C=O) groups is 1. The molecule has 1 aromatic heterocycles. The predicted octanol–water partition coefficient (Wildman–Crippen LogP) is 4.22. The smallest absolute Gasteiger partial charge is 0.254 e. The Kier molecular flexibility index (Phi) is 5.73. The van der Waals surface area contributed by atoms with Crippen molar-refractivity contribution in [1.82, 2.24) is 15.1 Å². The highest BCUT2D eigenvalue weighted by Gasteiger charge is 2.15. The van der Waals surface area contributed by atoms with Gasteiger partial charge < -0.3 is 5.32 Å². The highest BCUT2D eigenvalue weighted by atomic mass is 35.5. The van der Waals surface area contributed by atoms with Gasteiger partial charge in [-0.05, 0) is 38.0 Å². The van der Waals surface area contributed by atoms with Crippen LogP contribution in [0, 0.1) is 0 Å². The standard InChI is InChI=1S/C15H16Cl3N3O/c1-3-21-8-10(7-19-21)15(22)20-9(2)4-12-13(17)5-11(16)6-14(12)18/h5-9H,3-4H2,1-2H3,(H,20,22)/t9-/m1/s1. The minimum atomic E-state index is -0.173. The van der Waals surface area contributed by atoms with Crippen molar-refractivity contribution in [2.24, 2.45) is 0 Å². The Morgan fingerprint density at radius 2 is 1.95 bits per heavy atom. The number of nitrogens with one attached hydrogen (secondary N) is 1. The number of rotatable bonds is 5. The van der Waals surface area contributed by atoms with Crippen molar-refractivity contribution in [3.8, 4) is 0 Å². The molecule has 118 valence electrons. The molecule has 0 aliphatic heterocycles. The van der Waals surface area contributed by atoms with Crippen LogP contribution < -0.4 is 5.32 Å². The number of aromatic nitrogens is 2. The van der Waals surface area contributed by atoms with E-state index in [-0.39, 0.29) is 11.9 Å². The fourth-order valence-corrected chi connectivity index (χ4v) is 3.06. The van der Waals surface area contributed by atoms with Crippen LogP contribution in [0.1, 0.15) is 29.8 Å². The zero-order valence-electron chi connectivity index (χ0n) is 12.2. The summed E-state index contributed by atoms with van der Waals surface area (Å²) in [4.78, 5) is 12.1. The van der Waals surface area contributed by atoms with Gasteiger partial charge in [-0.3, -0.25) is 9.48 Å². The summed E-state index contributed by atoms with van der Waals surface area (Å²) >= 11 is 18.2. The molecular weight excluding hydrogens is 345 g/mol. The average Bonchev–Trinajstić information content (AvgIpc) is 2.91. The van der Waals surface area contributed by atoms with Crippen LogP contribution in [-0.2, 0) is 13.0 Å². The molecule has 22 heavy (non-hydrogen) atoms. The molecule has 0 unspecified atom stereocenters. The maximum absolute atomic E-state index is 12.1. The van der Waals surface area contributed by atoms with Gasteiger partial charge in [0.2, 0.25) is 0 Å². The Morgan fingerprint density at radius 1 is 1.32 bits per heavy atom. The fourth-order valence-electron chi connectivity index (χ4n) is 2.09. The largest absolute Gasteiger partial charge is 0.349 e. The Balaban J connectivity index is 2.04. The third kappa shape index (κ3) is 4.15. The van der Waals surface area contributed by atoms with Crippen molar-refractivity contribution in [2.75, 3.05) is 0 Å². The molecule has 0 bridgehead atoms. The topological polar surface area (TPSA) is 46.9 Å². The van der Waals surface area contributed by atoms with Gasteiger partial charge in [-0.1, -0.05) is 34.8 Å². The molecule has 0 saturated carbocycles. The molecule has 1 amide bonds. The summed E-state index contributed by atoms with van der Waals surface area (Å²) in [5.41, 5.74) is 1.30. The SMILES string of the molecule is CCn1cc(C(=O)N[C@H](C)Cc2c(Cl)cc(Cl)cc2Cl)cn1. The van der Waals surface area contributed by atoms with Crippen LogP contribution in [-0.4, -0.2) is 21.7 Å². The molecule has 0 fully saturated rings. The predicted molar refractivity (Wildman–Crippen MR) is 90.0 cm³/mol. The Labute approximate surface area is 144 Å². The minimum absolute atomic E-state index is 0.131. The van der Waals surface area contributed by atoms with Gasteiger partial charge in [0.1, 0.15) is 0 Å². The summed E-state index contributed by atoms with van der Waals surface area (Å²) < 4.78 is 1.70. The van der Waals surface area contributed by atoms with Gasteiger partial charge in [-0.15, -0.1) is 0 Å². The summed E-state index contributed by atoms with van der Waals surface area (Å²) in [6, 6.07) is 3.16. The number of nitrogens with zero attached hydrogens (tertiary/aromatic N) is 2. The molecule has 1 N–H and O–H groups in total. The van der Waals surface area contributed by atoms with Gasteiger partial charge in [-0.25, -0.2) is 0 Å². The normalized spacial score (nSPS) is 12.2. The van der Waals surface area contributed by atoms with E-state index in [1.54, 1.807) is 29.2 Å². The van der Waals surface area contributed by atoms with Crippen molar-refractivity contribution in [1.29, 1.82) is 0 Å². The highest BCUT2D eigenvalue weighted by Crippen LogP contribution is 2.29. The van der Waals surface area contributed by atoms with E-state index < -0.39 is 0 Å².